The van der Waals surface area contributed by atoms with E-state index < -0.39 is 82.8 Å². The SMILES string of the molecule is Cn1cc(-c2cc(C(F)(F)F)nn2CC(C)(C)NC(=O)[C@@H](Cc2cnn(C(F)F)c2)n2ncc3c(-c4nc5cnn(C)c5cc4F)ccc(F)c3c2=O)cc(F)c1=O. The predicted octanol–water partition coefficient (Wildman–Crippen LogP) is 5.31. The zero-order chi connectivity index (χ0) is 42.0. The Hall–Kier alpha value is -6.74. The first kappa shape index (κ1) is 39.5. The molecule has 1 N–H and O–H groups in total. The molecule has 0 aliphatic rings. The van der Waals surface area contributed by atoms with Gasteiger partial charge in [0, 0.05) is 55.5 Å². The van der Waals surface area contributed by atoms with Crippen molar-refractivity contribution < 1.29 is 39.9 Å². The zero-order valence-electron chi connectivity index (χ0n) is 30.6. The molecule has 0 unspecified atom stereocenters. The van der Waals surface area contributed by atoms with Crippen LogP contribution in [0.15, 0.2) is 70.9 Å². The first-order valence-corrected chi connectivity index (χ1v) is 17.1. The Morgan fingerprint density at radius 2 is 1.62 bits per heavy atom. The number of fused-ring (bicyclic) bond motifs is 2. The maximum Gasteiger partial charge on any atom is 0.435 e. The van der Waals surface area contributed by atoms with E-state index in [2.05, 4.69) is 30.7 Å². The Morgan fingerprint density at radius 3 is 2.29 bits per heavy atom. The highest BCUT2D eigenvalue weighted by atomic mass is 19.4. The van der Waals surface area contributed by atoms with E-state index in [9.17, 15) is 40.7 Å². The highest BCUT2D eigenvalue weighted by Gasteiger charge is 2.37. The van der Waals surface area contributed by atoms with Crippen molar-refractivity contribution in [1.82, 2.24) is 54.0 Å². The van der Waals surface area contributed by atoms with Gasteiger partial charge in [0.1, 0.15) is 23.1 Å². The topological polar surface area (TPSA) is 152 Å². The van der Waals surface area contributed by atoms with E-state index in [0.29, 0.717) is 21.8 Å². The normalized spacial score (nSPS) is 12.9. The second kappa shape index (κ2) is 14.3. The van der Waals surface area contributed by atoms with Gasteiger partial charge in [0.25, 0.3) is 11.1 Å². The highest BCUT2D eigenvalue weighted by Crippen LogP contribution is 2.34. The molecule has 1 amide bonds. The van der Waals surface area contributed by atoms with Crippen LogP contribution in [0.5, 0.6) is 0 Å². The van der Waals surface area contributed by atoms with Crippen LogP contribution in [-0.4, -0.2) is 60.1 Å². The van der Waals surface area contributed by atoms with Gasteiger partial charge >= 0.3 is 12.7 Å². The van der Waals surface area contributed by atoms with Gasteiger partial charge in [0.05, 0.1) is 47.3 Å². The molecule has 14 nitrogen and oxygen atoms in total. The van der Waals surface area contributed by atoms with Crippen molar-refractivity contribution in [2.45, 2.75) is 51.1 Å². The lowest BCUT2D eigenvalue weighted by atomic mass is 10.0. The van der Waals surface area contributed by atoms with Gasteiger partial charge in [-0.1, -0.05) is 0 Å². The molecule has 1 atom stereocenters. The molecule has 0 radical (unpaired) electrons. The Balaban J connectivity index is 1.29. The number of aryl methyl sites for hydroxylation is 2. The van der Waals surface area contributed by atoms with Gasteiger partial charge in [-0.3, -0.25) is 23.7 Å². The van der Waals surface area contributed by atoms with Crippen LogP contribution >= 0.6 is 0 Å². The number of nitrogens with zero attached hydrogens (tertiary/aromatic N) is 10. The summed E-state index contributed by atoms with van der Waals surface area (Å²) < 4.78 is 118. The van der Waals surface area contributed by atoms with Crippen molar-refractivity contribution in [3.63, 3.8) is 0 Å². The molecule has 302 valence electrons. The Bertz CT molecular complexity index is 2850. The number of amides is 1. The molecule has 0 aliphatic heterocycles. The standard InChI is InChI=1S/C36H29F8N11O3/c1-35(2,16-54-25(10-28(50-54)36(42,43)44)18-8-23(39)32(57)51(3)15-18)49-31(56)27(7-17-11-46-53(14-17)34(40)41)55-33(58)29-20(12-47-55)19(5-6-21(29)37)30-22(38)9-26-24(48-30)13-45-52(26)4/h5-6,8-15,27,34H,7,16H2,1-4H3,(H,49,56)/t27-/m1/s1. The molecule has 0 fully saturated rings. The van der Waals surface area contributed by atoms with E-state index in [4.69, 9.17) is 0 Å². The monoisotopic (exact) mass is 815 g/mol. The molecule has 6 heterocycles. The van der Waals surface area contributed by atoms with Gasteiger partial charge in [-0.15, -0.1) is 0 Å². The lowest BCUT2D eigenvalue weighted by Gasteiger charge is -2.30. The van der Waals surface area contributed by atoms with Crippen molar-refractivity contribution in [3.8, 4) is 22.5 Å². The van der Waals surface area contributed by atoms with Crippen LogP contribution in [0.4, 0.5) is 35.1 Å². The third-order valence-corrected chi connectivity index (χ3v) is 9.26. The van der Waals surface area contributed by atoms with Gasteiger partial charge < -0.3 is 9.88 Å². The summed E-state index contributed by atoms with van der Waals surface area (Å²) in [5.41, 5.74) is -5.17. The lowest BCUT2D eigenvalue weighted by molar-refractivity contribution is -0.141. The summed E-state index contributed by atoms with van der Waals surface area (Å²) in [6, 6.07) is 2.90. The van der Waals surface area contributed by atoms with Crippen LogP contribution in [0, 0.1) is 17.5 Å². The van der Waals surface area contributed by atoms with Crippen LogP contribution in [0.1, 0.15) is 37.7 Å². The molecular weight excluding hydrogens is 786 g/mol. The number of carbonyl (C=O) groups excluding carboxylic acids is 1. The molecule has 7 aromatic rings. The molecule has 22 heteroatoms. The minimum Gasteiger partial charge on any atom is -0.347 e. The fourth-order valence-electron chi connectivity index (χ4n) is 6.55. The van der Waals surface area contributed by atoms with Crippen molar-refractivity contribution in [2.24, 2.45) is 14.1 Å². The van der Waals surface area contributed by atoms with Crippen molar-refractivity contribution in [3.05, 3.63) is 111 Å². The van der Waals surface area contributed by atoms with Crippen molar-refractivity contribution in [1.29, 1.82) is 0 Å². The van der Waals surface area contributed by atoms with Gasteiger partial charge in [0.2, 0.25) is 5.91 Å². The maximum absolute atomic E-state index is 15.6. The average molecular weight is 816 g/mol. The fourth-order valence-corrected chi connectivity index (χ4v) is 6.55. The summed E-state index contributed by atoms with van der Waals surface area (Å²) in [5.74, 6) is -4.17. The molecule has 0 spiro atoms. The van der Waals surface area contributed by atoms with Crippen molar-refractivity contribution in [2.75, 3.05) is 0 Å². The van der Waals surface area contributed by atoms with E-state index in [0.717, 1.165) is 52.2 Å². The quantitative estimate of drug-likeness (QED) is 0.183. The van der Waals surface area contributed by atoms with Crippen LogP contribution in [0.2, 0.25) is 0 Å². The van der Waals surface area contributed by atoms with E-state index in [1.807, 2.05) is 0 Å². The second-order valence-electron chi connectivity index (χ2n) is 14.0. The number of carbonyl (C=O) groups is 1. The van der Waals surface area contributed by atoms with Gasteiger partial charge in [-0.05, 0) is 43.7 Å². The largest absolute Gasteiger partial charge is 0.435 e. The fraction of sp³-hybridized carbons (Fsp3) is 0.278. The molecule has 0 aliphatic carbocycles. The third-order valence-electron chi connectivity index (χ3n) is 9.26. The summed E-state index contributed by atoms with van der Waals surface area (Å²) in [6.45, 7) is -0.804. The number of rotatable bonds is 10. The molecule has 6 aromatic heterocycles. The first-order valence-electron chi connectivity index (χ1n) is 17.1. The number of hydrogen-bond acceptors (Lipinski definition) is 8. The van der Waals surface area contributed by atoms with E-state index in [1.165, 1.54) is 37.8 Å². The Labute approximate surface area is 319 Å². The molecule has 0 bridgehead atoms. The number of halogens is 8. The van der Waals surface area contributed by atoms with Gasteiger partial charge in [0.15, 0.2) is 17.3 Å². The number of nitrogens with one attached hydrogen (secondary N) is 1. The number of alkyl halides is 5. The van der Waals surface area contributed by atoms with Crippen molar-refractivity contribution >= 4 is 27.7 Å². The molecule has 58 heavy (non-hydrogen) atoms. The van der Waals surface area contributed by atoms with E-state index >= 15 is 8.78 Å². The summed E-state index contributed by atoms with van der Waals surface area (Å²) >= 11 is 0. The van der Waals surface area contributed by atoms with Gasteiger partial charge in [-0.25, -0.2) is 27.5 Å². The predicted molar refractivity (Wildman–Crippen MR) is 190 cm³/mol. The number of pyridine rings is 2. The first-order chi connectivity index (χ1) is 27.2. The Morgan fingerprint density at radius 1 is 0.879 bits per heavy atom. The number of hydrogen-bond donors (Lipinski definition) is 1. The number of aromatic nitrogens is 10. The molecule has 0 saturated carbocycles. The third kappa shape index (κ3) is 7.31. The smallest absolute Gasteiger partial charge is 0.347 e. The van der Waals surface area contributed by atoms with E-state index in [-0.39, 0.29) is 38.1 Å². The average Bonchev–Trinajstić information content (AvgIpc) is 3.88. The zero-order valence-corrected chi connectivity index (χ0v) is 30.6. The van der Waals surface area contributed by atoms with Crippen LogP contribution in [0.3, 0.4) is 0 Å². The highest BCUT2D eigenvalue weighted by molar-refractivity contribution is 5.96. The summed E-state index contributed by atoms with van der Waals surface area (Å²) in [5, 5.41) is 17.2. The van der Waals surface area contributed by atoms with Gasteiger partial charge in [-0.2, -0.15) is 42.3 Å². The maximum atomic E-state index is 15.6. The van der Waals surface area contributed by atoms with Crippen LogP contribution < -0.4 is 16.4 Å². The van der Waals surface area contributed by atoms with E-state index in [1.54, 1.807) is 7.05 Å². The molecule has 7 rings (SSSR count). The Kier molecular flexibility index (Phi) is 9.76. The summed E-state index contributed by atoms with van der Waals surface area (Å²) in [7, 11) is 2.77. The molecule has 0 saturated heterocycles. The molecular formula is C36H29F8N11O3. The van der Waals surface area contributed by atoms with Crippen LogP contribution in [-0.2, 0) is 38.0 Å². The minimum absolute atomic E-state index is 0.0122. The molecule has 1 aromatic carbocycles. The van der Waals surface area contributed by atoms with Crippen LogP contribution in [0.25, 0.3) is 44.3 Å². The summed E-state index contributed by atoms with van der Waals surface area (Å²) in [6.07, 6.45) is -0.0693. The minimum atomic E-state index is -4.95. The number of benzene rings is 1. The second-order valence-corrected chi connectivity index (χ2v) is 14.0. The lowest BCUT2D eigenvalue weighted by Crippen LogP contribution is -2.51. The summed E-state index contributed by atoms with van der Waals surface area (Å²) in [4.78, 5) is 44.7.